The van der Waals surface area contributed by atoms with E-state index in [-0.39, 0.29) is 24.1 Å². The van der Waals surface area contributed by atoms with Gasteiger partial charge in [-0.15, -0.1) is 0 Å². The molecule has 168 valence electrons. The van der Waals surface area contributed by atoms with Crippen LogP contribution in [0.4, 0.5) is 11.4 Å². The lowest BCUT2D eigenvalue weighted by molar-refractivity contribution is -0.126. The predicted molar refractivity (Wildman–Crippen MR) is 129 cm³/mol. The summed E-state index contributed by atoms with van der Waals surface area (Å²) >= 11 is 0. The Balaban J connectivity index is 1.41. The van der Waals surface area contributed by atoms with E-state index in [9.17, 15) is 14.4 Å². The molecule has 2 N–H and O–H groups in total. The van der Waals surface area contributed by atoms with Gasteiger partial charge in [0.1, 0.15) is 0 Å². The summed E-state index contributed by atoms with van der Waals surface area (Å²) in [6.07, 6.45) is 0.152. The van der Waals surface area contributed by atoms with E-state index in [1.54, 1.807) is 29.2 Å². The Hall–Kier alpha value is -3.93. The first-order chi connectivity index (χ1) is 15.9. The van der Waals surface area contributed by atoms with Gasteiger partial charge in [0.2, 0.25) is 11.8 Å². The summed E-state index contributed by atoms with van der Waals surface area (Å²) in [5.74, 6) is -0.933. The molecule has 3 aromatic rings. The number of hydrogen-bond donors (Lipinski definition) is 2. The van der Waals surface area contributed by atoms with Crippen LogP contribution in [-0.2, 0) is 16.1 Å². The summed E-state index contributed by atoms with van der Waals surface area (Å²) in [5.41, 5.74) is 5.01. The fraction of sp³-hybridized carbons (Fsp3) is 0.222. The molecule has 6 heteroatoms. The monoisotopic (exact) mass is 441 g/mol. The third kappa shape index (κ3) is 5.29. The smallest absolute Gasteiger partial charge is 0.255 e. The summed E-state index contributed by atoms with van der Waals surface area (Å²) in [6, 6.07) is 22.4. The highest BCUT2D eigenvalue weighted by Crippen LogP contribution is 2.26. The van der Waals surface area contributed by atoms with Crippen LogP contribution < -0.4 is 15.5 Å². The van der Waals surface area contributed by atoms with Gasteiger partial charge in [-0.1, -0.05) is 42.5 Å². The molecule has 4 rings (SSSR count). The molecule has 0 radical (unpaired) electrons. The van der Waals surface area contributed by atoms with Crippen LogP contribution in [0, 0.1) is 19.8 Å². The molecule has 0 saturated carbocycles. The summed E-state index contributed by atoms with van der Waals surface area (Å²) in [6.45, 7) is 4.69. The molecule has 1 aliphatic rings. The zero-order valence-electron chi connectivity index (χ0n) is 18.8. The van der Waals surface area contributed by atoms with Crippen molar-refractivity contribution < 1.29 is 14.4 Å². The number of hydrogen-bond acceptors (Lipinski definition) is 3. The number of carbonyl (C=O) groups excluding carboxylic acids is 3. The van der Waals surface area contributed by atoms with E-state index < -0.39 is 5.92 Å². The second-order valence-corrected chi connectivity index (χ2v) is 8.42. The molecule has 1 saturated heterocycles. The van der Waals surface area contributed by atoms with Crippen molar-refractivity contribution in [3.63, 3.8) is 0 Å². The van der Waals surface area contributed by atoms with Crippen molar-refractivity contribution in [2.75, 3.05) is 16.8 Å². The number of amides is 3. The highest BCUT2D eigenvalue weighted by atomic mass is 16.2. The van der Waals surface area contributed by atoms with Crippen molar-refractivity contribution in [1.29, 1.82) is 0 Å². The molecule has 0 spiro atoms. The number of nitrogens with zero attached hydrogens (tertiary/aromatic N) is 1. The van der Waals surface area contributed by atoms with Crippen molar-refractivity contribution in [2.45, 2.75) is 26.8 Å². The number of rotatable bonds is 6. The second-order valence-electron chi connectivity index (χ2n) is 8.42. The molecule has 1 unspecified atom stereocenters. The third-order valence-electron chi connectivity index (χ3n) is 5.91. The molecule has 0 aromatic heterocycles. The average molecular weight is 442 g/mol. The van der Waals surface area contributed by atoms with Gasteiger partial charge in [0.25, 0.3) is 5.91 Å². The summed E-state index contributed by atoms with van der Waals surface area (Å²) < 4.78 is 0. The number of carbonyl (C=O) groups is 3. The van der Waals surface area contributed by atoms with E-state index in [0.717, 1.165) is 16.7 Å². The van der Waals surface area contributed by atoms with E-state index in [0.29, 0.717) is 30.0 Å². The van der Waals surface area contributed by atoms with Crippen LogP contribution in [0.1, 0.15) is 33.5 Å². The molecule has 0 bridgehead atoms. The van der Waals surface area contributed by atoms with Crippen LogP contribution in [0.5, 0.6) is 0 Å². The largest absolute Gasteiger partial charge is 0.352 e. The molecule has 1 heterocycles. The Morgan fingerprint density at radius 2 is 1.76 bits per heavy atom. The first-order valence-electron chi connectivity index (χ1n) is 11.0. The Labute approximate surface area is 193 Å². The topological polar surface area (TPSA) is 78.5 Å². The fourth-order valence-corrected chi connectivity index (χ4v) is 4.01. The van der Waals surface area contributed by atoms with Crippen molar-refractivity contribution in [1.82, 2.24) is 5.32 Å². The maximum Gasteiger partial charge on any atom is 0.255 e. The zero-order valence-corrected chi connectivity index (χ0v) is 18.8. The third-order valence-corrected chi connectivity index (χ3v) is 5.91. The van der Waals surface area contributed by atoms with E-state index in [2.05, 4.69) is 10.6 Å². The van der Waals surface area contributed by atoms with Gasteiger partial charge in [0, 0.05) is 36.4 Å². The van der Waals surface area contributed by atoms with Gasteiger partial charge in [-0.25, -0.2) is 0 Å². The van der Waals surface area contributed by atoms with Crippen LogP contribution in [0.3, 0.4) is 0 Å². The average Bonchev–Trinajstić information content (AvgIpc) is 3.20. The minimum absolute atomic E-state index is 0.123. The molecule has 1 aliphatic heterocycles. The number of aryl methyl sites for hydroxylation is 2. The van der Waals surface area contributed by atoms with Crippen LogP contribution in [-0.4, -0.2) is 24.3 Å². The Bertz CT molecular complexity index is 1200. The predicted octanol–water partition coefficient (Wildman–Crippen LogP) is 4.23. The van der Waals surface area contributed by atoms with Gasteiger partial charge in [-0.3, -0.25) is 14.4 Å². The summed E-state index contributed by atoms with van der Waals surface area (Å²) in [5, 5.41) is 5.84. The van der Waals surface area contributed by atoms with Gasteiger partial charge < -0.3 is 15.5 Å². The lowest BCUT2D eigenvalue weighted by Gasteiger charge is -2.18. The van der Waals surface area contributed by atoms with Crippen LogP contribution in [0.2, 0.25) is 0 Å². The fourth-order valence-electron chi connectivity index (χ4n) is 4.01. The van der Waals surface area contributed by atoms with Gasteiger partial charge in [-0.05, 0) is 60.9 Å². The Morgan fingerprint density at radius 3 is 2.55 bits per heavy atom. The highest BCUT2D eigenvalue weighted by molar-refractivity contribution is 6.06. The Morgan fingerprint density at radius 1 is 0.970 bits per heavy atom. The van der Waals surface area contributed by atoms with Crippen molar-refractivity contribution in [3.05, 3.63) is 95.1 Å². The maximum absolute atomic E-state index is 12.7. The standard InChI is InChI=1S/C27H27N3O3/c1-18-7-5-11-23(13-18)29-27(33)20-10-6-12-24(14-20)30-17-22(15-25(30)31)26(32)28-16-21-9-4-3-8-19(21)2/h3-14,22H,15-17H2,1-2H3,(H,28,32)(H,29,33). The summed E-state index contributed by atoms with van der Waals surface area (Å²) in [7, 11) is 0. The van der Waals surface area contributed by atoms with Crippen LogP contribution in [0.25, 0.3) is 0 Å². The quantitative estimate of drug-likeness (QED) is 0.601. The van der Waals surface area contributed by atoms with Gasteiger partial charge in [0.15, 0.2) is 0 Å². The van der Waals surface area contributed by atoms with E-state index in [1.165, 1.54) is 0 Å². The number of benzene rings is 3. The van der Waals surface area contributed by atoms with Crippen molar-refractivity contribution in [3.8, 4) is 0 Å². The van der Waals surface area contributed by atoms with E-state index in [1.807, 2.05) is 62.4 Å². The van der Waals surface area contributed by atoms with Crippen LogP contribution >= 0.6 is 0 Å². The summed E-state index contributed by atoms with van der Waals surface area (Å²) in [4.78, 5) is 39.7. The van der Waals surface area contributed by atoms with Crippen molar-refractivity contribution >= 4 is 29.1 Å². The van der Waals surface area contributed by atoms with Crippen LogP contribution in [0.15, 0.2) is 72.8 Å². The lowest BCUT2D eigenvalue weighted by Crippen LogP contribution is -2.32. The molecule has 3 aromatic carbocycles. The molecule has 0 aliphatic carbocycles. The molecule has 3 amide bonds. The SMILES string of the molecule is Cc1cccc(NC(=O)c2cccc(N3CC(C(=O)NCc4ccccc4C)CC3=O)c2)c1. The van der Waals surface area contributed by atoms with E-state index >= 15 is 0 Å². The maximum atomic E-state index is 12.7. The Kier molecular flexibility index (Phi) is 6.54. The molecule has 33 heavy (non-hydrogen) atoms. The lowest BCUT2D eigenvalue weighted by atomic mass is 10.1. The first kappa shape index (κ1) is 22.3. The minimum atomic E-state index is -0.425. The molecule has 1 atom stereocenters. The normalized spacial score (nSPS) is 15.4. The van der Waals surface area contributed by atoms with Gasteiger partial charge in [0.05, 0.1) is 5.92 Å². The highest BCUT2D eigenvalue weighted by Gasteiger charge is 2.35. The van der Waals surface area contributed by atoms with Gasteiger partial charge in [-0.2, -0.15) is 0 Å². The number of anilines is 2. The molecule has 1 fully saturated rings. The number of nitrogens with one attached hydrogen (secondary N) is 2. The first-order valence-corrected chi connectivity index (χ1v) is 11.0. The zero-order chi connectivity index (χ0) is 23.4. The van der Waals surface area contributed by atoms with E-state index in [4.69, 9.17) is 0 Å². The van der Waals surface area contributed by atoms with Gasteiger partial charge >= 0.3 is 0 Å². The molecular formula is C27H27N3O3. The minimum Gasteiger partial charge on any atom is -0.352 e. The molecular weight excluding hydrogens is 414 g/mol. The molecule has 6 nitrogen and oxygen atoms in total. The second kappa shape index (κ2) is 9.69. The van der Waals surface area contributed by atoms with Crippen molar-refractivity contribution in [2.24, 2.45) is 5.92 Å².